The number of amides is 1. The first-order valence-electron chi connectivity index (χ1n) is 5.85. The minimum absolute atomic E-state index is 0.0607. The molecule has 0 aromatic carbocycles. The van der Waals surface area contributed by atoms with Crippen molar-refractivity contribution in [3.05, 3.63) is 0 Å². The van der Waals surface area contributed by atoms with E-state index in [-0.39, 0.29) is 23.9 Å². The molecule has 0 fully saturated rings. The zero-order valence-corrected chi connectivity index (χ0v) is 10.9. The van der Waals surface area contributed by atoms with Gasteiger partial charge in [0.1, 0.15) is 0 Å². The van der Waals surface area contributed by atoms with Crippen LogP contribution in [-0.2, 0) is 4.79 Å². The highest BCUT2D eigenvalue weighted by atomic mass is 16.2. The van der Waals surface area contributed by atoms with Crippen LogP contribution in [0.1, 0.15) is 41.0 Å². The number of nitrogens with two attached hydrogens (primary N) is 1. The Morgan fingerprint density at radius 1 is 1.27 bits per heavy atom. The second-order valence-corrected chi connectivity index (χ2v) is 4.85. The maximum Gasteiger partial charge on any atom is 0.239 e. The molecule has 0 saturated carbocycles. The first-order valence-corrected chi connectivity index (χ1v) is 5.85. The molecule has 0 aromatic rings. The molecule has 0 heterocycles. The first-order chi connectivity index (χ1) is 6.82. The third-order valence-corrected chi connectivity index (χ3v) is 3.47. The summed E-state index contributed by atoms with van der Waals surface area (Å²) in [6, 6.07) is -0.117. The van der Waals surface area contributed by atoms with Crippen LogP contribution in [0.3, 0.4) is 0 Å². The van der Waals surface area contributed by atoms with E-state index >= 15 is 0 Å². The lowest BCUT2D eigenvalue weighted by Crippen LogP contribution is -2.49. The molecule has 0 aliphatic carbocycles. The van der Waals surface area contributed by atoms with Crippen molar-refractivity contribution in [3.8, 4) is 0 Å². The molecule has 0 bridgehead atoms. The molecular formula is C12H26N2O. The van der Waals surface area contributed by atoms with Gasteiger partial charge in [0.05, 0.1) is 6.04 Å². The minimum atomic E-state index is -0.360. The van der Waals surface area contributed by atoms with E-state index in [1.54, 1.807) is 4.90 Å². The van der Waals surface area contributed by atoms with Crippen LogP contribution in [0.25, 0.3) is 0 Å². The Morgan fingerprint density at radius 3 is 2.07 bits per heavy atom. The standard InChI is InChI=1S/C12H26N2O/c1-7-9(4)11(13)12(15)14(6)10(5)8(2)3/h8-11H,7,13H2,1-6H3/t9-,10?,11-/m0/s1. The van der Waals surface area contributed by atoms with E-state index in [4.69, 9.17) is 5.73 Å². The van der Waals surface area contributed by atoms with Crippen LogP contribution in [0.5, 0.6) is 0 Å². The molecular weight excluding hydrogens is 188 g/mol. The van der Waals surface area contributed by atoms with Crippen LogP contribution < -0.4 is 5.73 Å². The molecule has 3 heteroatoms. The van der Waals surface area contributed by atoms with Crippen LogP contribution in [0, 0.1) is 11.8 Å². The monoisotopic (exact) mass is 214 g/mol. The normalized spacial score (nSPS) is 17.3. The van der Waals surface area contributed by atoms with Gasteiger partial charge in [-0.3, -0.25) is 4.79 Å². The topological polar surface area (TPSA) is 46.3 Å². The fourth-order valence-corrected chi connectivity index (χ4v) is 1.38. The van der Waals surface area contributed by atoms with Gasteiger partial charge in [-0.2, -0.15) is 0 Å². The maximum absolute atomic E-state index is 12.0. The Balaban J connectivity index is 4.43. The summed E-state index contributed by atoms with van der Waals surface area (Å²) in [6.45, 7) is 10.4. The van der Waals surface area contributed by atoms with Gasteiger partial charge in [0.15, 0.2) is 0 Å². The van der Waals surface area contributed by atoms with Crippen LogP contribution >= 0.6 is 0 Å². The summed E-state index contributed by atoms with van der Waals surface area (Å²) < 4.78 is 0. The van der Waals surface area contributed by atoms with Crippen LogP contribution in [0.15, 0.2) is 0 Å². The predicted octanol–water partition coefficient (Wildman–Crippen LogP) is 1.86. The number of hydrogen-bond donors (Lipinski definition) is 1. The van der Waals surface area contributed by atoms with Crippen LogP contribution in [0.4, 0.5) is 0 Å². The average molecular weight is 214 g/mol. The minimum Gasteiger partial charge on any atom is -0.341 e. The summed E-state index contributed by atoms with van der Waals surface area (Å²) >= 11 is 0. The Hall–Kier alpha value is -0.570. The fraction of sp³-hybridized carbons (Fsp3) is 0.917. The van der Waals surface area contributed by atoms with Crippen molar-refractivity contribution >= 4 is 5.91 Å². The molecule has 90 valence electrons. The summed E-state index contributed by atoms with van der Waals surface area (Å²) in [5.41, 5.74) is 5.92. The highest BCUT2D eigenvalue weighted by molar-refractivity contribution is 5.82. The zero-order valence-electron chi connectivity index (χ0n) is 10.9. The summed E-state index contributed by atoms with van der Waals surface area (Å²) in [4.78, 5) is 13.8. The van der Waals surface area contributed by atoms with Gasteiger partial charge in [0.2, 0.25) is 5.91 Å². The Kier molecular flexibility index (Phi) is 5.88. The Bertz CT molecular complexity index is 204. The van der Waals surface area contributed by atoms with Gasteiger partial charge in [-0.1, -0.05) is 34.1 Å². The number of likely N-dealkylation sites (N-methyl/N-ethyl adjacent to an activating group) is 1. The molecule has 1 unspecified atom stereocenters. The number of nitrogens with zero attached hydrogens (tertiary/aromatic N) is 1. The molecule has 3 nitrogen and oxygen atoms in total. The molecule has 0 aliphatic rings. The summed E-state index contributed by atoms with van der Waals surface area (Å²) in [7, 11) is 1.84. The second-order valence-electron chi connectivity index (χ2n) is 4.85. The van der Waals surface area contributed by atoms with Crippen molar-refractivity contribution in [3.63, 3.8) is 0 Å². The van der Waals surface area contributed by atoms with Crippen molar-refractivity contribution in [2.45, 2.75) is 53.1 Å². The molecule has 2 N–H and O–H groups in total. The van der Waals surface area contributed by atoms with E-state index in [1.165, 1.54) is 0 Å². The van der Waals surface area contributed by atoms with E-state index in [0.29, 0.717) is 5.92 Å². The maximum atomic E-state index is 12.0. The third-order valence-electron chi connectivity index (χ3n) is 3.47. The molecule has 0 spiro atoms. The van der Waals surface area contributed by atoms with E-state index in [9.17, 15) is 4.79 Å². The van der Waals surface area contributed by atoms with Crippen LogP contribution in [0.2, 0.25) is 0 Å². The summed E-state index contributed by atoms with van der Waals surface area (Å²) in [5.74, 6) is 0.771. The Morgan fingerprint density at radius 2 is 1.73 bits per heavy atom. The average Bonchev–Trinajstić information content (AvgIpc) is 2.23. The Labute approximate surface area is 94.0 Å². The largest absolute Gasteiger partial charge is 0.341 e. The van der Waals surface area contributed by atoms with Gasteiger partial charge in [0.25, 0.3) is 0 Å². The fourth-order valence-electron chi connectivity index (χ4n) is 1.38. The molecule has 1 amide bonds. The van der Waals surface area contributed by atoms with Gasteiger partial charge in [-0.25, -0.2) is 0 Å². The van der Waals surface area contributed by atoms with Crippen molar-refractivity contribution in [1.29, 1.82) is 0 Å². The molecule has 0 radical (unpaired) electrons. The molecule has 0 aromatic heterocycles. The number of rotatable bonds is 5. The third kappa shape index (κ3) is 3.82. The smallest absolute Gasteiger partial charge is 0.239 e. The number of carbonyl (C=O) groups excluding carboxylic acids is 1. The number of hydrogen-bond acceptors (Lipinski definition) is 2. The summed E-state index contributed by atoms with van der Waals surface area (Å²) in [6.07, 6.45) is 0.941. The van der Waals surface area contributed by atoms with Crippen molar-refractivity contribution in [2.24, 2.45) is 17.6 Å². The van der Waals surface area contributed by atoms with Gasteiger partial charge < -0.3 is 10.6 Å². The molecule has 0 rings (SSSR count). The van der Waals surface area contributed by atoms with E-state index in [1.807, 2.05) is 14.0 Å². The van der Waals surface area contributed by atoms with E-state index in [0.717, 1.165) is 6.42 Å². The second kappa shape index (κ2) is 6.11. The SMILES string of the molecule is CC[C@H](C)[C@H](N)C(=O)N(C)C(C)C(C)C. The molecule has 3 atom stereocenters. The number of carbonyl (C=O) groups is 1. The van der Waals surface area contributed by atoms with E-state index < -0.39 is 0 Å². The molecule has 0 aliphatic heterocycles. The van der Waals surface area contributed by atoms with Crippen LogP contribution in [-0.4, -0.2) is 29.9 Å². The lowest BCUT2D eigenvalue weighted by molar-refractivity contribution is -0.135. The van der Waals surface area contributed by atoms with Crippen molar-refractivity contribution in [1.82, 2.24) is 4.90 Å². The van der Waals surface area contributed by atoms with Gasteiger partial charge in [-0.05, 0) is 18.8 Å². The molecule has 15 heavy (non-hydrogen) atoms. The van der Waals surface area contributed by atoms with Gasteiger partial charge in [0, 0.05) is 13.1 Å². The zero-order chi connectivity index (χ0) is 12.2. The van der Waals surface area contributed by atoms with Crippen molar-refractivity contribution in [2.75, 3.05) is 7.05 Å². The lowest BCUT2D eigenvalue weighted by atomic mass is 9.97. The molecule has 0 saturated heterocycles. The predicted molar refractivity (Wildman–Crippen MR) is 64.5 cm³/mol. The lowest BCUT2D eigenvalue weighted by Gasteiger charge is -2.31. The summed E-state index contributed by atoms with van der Waals surface area (Å²) in [5, 5.41) is 0. The van der Waals surface area contributed by atoms with Gasteiger partial charge in [-0.15, -0.1) is 0 Å². The quantitative estimate of drug-likeness (QED) is 0.759. The first kappa shape index (κ1) is 14.4. The highest BCUT2D eigenvalue weighted by Gasteiger charge is 2.26. The van der Waals surface area contributed by atoms with Gasteiger partial charge >= 0.3 is 0 Å². The van der Waals surface area contributed by atoms with E-state index in [2.05, 4.69) is 27.7 Å². The highest BCUT2D eigenvalue weighted by Crippen LogP contribution is 2.13. The van der Waals surface area contributed by atoms with Crippen molar-refractivity contribution < 1.29 is 4.79 Å².